The molecule has 0 saturated carbocycles. The van der Waals surface area contributed by atoms with E-state index < -0.39 is 22.0 Å². The number of hydrogen-bond donors (Lipinski definition) is 1. The normalized spacial score (nSPS) is 13.5. The predicted octanol–water partition coefficient (Wildman–Crippen LogP) is 2.42. The van der Waals surface area contributed by atoms with Crippen LogP contribution in [0.2, 0.25) is 0 Å². The highest BCUT2D eigenvalue weighted by molar-refractivity contribution is 7.89. The van der Waals surface area contributed by atoms with Crippen LogP contribution in [-0.2, 0) is 19.6 Å². The SMILES string of the molecule is COC(=O)/C=C/[C@H](CC(C)C)NS(=O)(=O)c1ccc(C)cc1. The van der Waals surface area contributed by atoms with Gasteiger partial charge in [0.2, 0.25) is 10.0 Å². The molecular formula is C16H23NO4S. The van der Waals surface area contributed by atoms with E-state index in [4.69, 9.17) is 0 Å². The number of esters is 1. The molecule has 0 fully saturated rings. The predicted molar refractivity (Wildman–Crippen MR) is 85.9 cm³/mol. The van der Waals surface area contributed by atoms with Crippen LogP contribution < -0.4 is 4.72 Å². The average molecular weight is 325 g/mol. The van der Waals surface area contributed by atoms with Crippen LogP contribution in [0.5, 0.6) is 0 Å². The topological polar surface area (TPSA) is 72.5 Å². The van der Waals surface area contributed by atoms with Crippen LogP contribution in [0.15, 0.2) is 41.3 Å². The number of sulfonamides is 1. The van der Waals surface area contributed by atoms with Crippen LogP contribution >= 0.6 is 0 Å². The lowest BCUT2D eigenvalue weighted by Gasteiger charge is -2.17. The van der Waals surface area contributed by atoms with E-state index in [9.17, 15) is 13.2 Å². The summed E-state index contributed by atoms with van der Waals surface area (Å²) in [5.74, 6) is -0.240. The van der Waals surface area contributed by atoms with Crippen molar-refractivity contribution in [3.63, 3.8) is 0 Å². The second-order valence-electron chi connectivity index (χ2n) is 5.55. The molecule has 1 aromatic carbocycles. The Morgan fingerprint density at radius 3 is 2.36 bits per heavy atom. The summed E-state index contributed by atoms with van der Waals surface area (Å²) in [6, 6.07) is 6.15. The third-order valence-corrected chi connectivity index (χ3v) is 4.53. The van der Waals surface area contributed by atoms with Crippen LogP contribution in [-0.4, -0.2) is 27.5 Å². The Morgan fingerprint density at radius 1 is 1.27 bits per heavy atom. The molecule has 0 heterocycles. The maximum Gasteiger partial charge on any atom is 0.330 e. The second-order valence-corrected chi connectivity index (χ2v) is 7.27. The van der Waals surface area contributed by atoms with Gasteiger partial charge in [-0.1, -0.05) is 37.6 Å². The van der Waals surface area contributed by atoms with Gasteiger partial charge in [-0.25, -0.2) is 17.9 Å². The Balaban J connectivity index is 2.94. The first-order valence-corrected chi connectivity index (χ1v) is 8.58. The fourth-order valence-corrected chi connectivity index (χ4v) is 3.13. The summed E-state index contributed by atoms with van der Waals surface area (Å²) in [6.07, 6.45) is 3.35. The number of ether oxygens (including phenoxy) is 1. The number of carbonyl (C=O) groups excluding carboxylic acids is 1. The Hall–Kier alpha value is -1.66. The van der Waals surface area contributed by atoms with Gasteiger partial charge in [-0.2, -0.15) is 0 Å². The van der Waals surface area contributed by atoms with Crippen molar-refractivity contribution in [2.75, 3.05) is 7.11 Å². The minimum Gasteiger partial charge on any atom is -0.466 e. The van der Waals surface area contributed by atoms with E-state index in [2.05, 4.69) is 9.46 Å². The van der Waals surface area contributed by atoms with E-state index in [0.29, 0.717) is 6.42 Å². The lowest BCUT2D eigenvalue weighted by molar-refractivity contribution is -0.134. The van der Waals surface area contributed by atoms with Gasteiger partial charge in [-0.05, 0) is 31.4 Å². The molecule has 5 nitrogen and oxygen atoms in total. The fourth-order valence-electron chi connectivity index (χ4n) is 1.92. The molecule has 0 unspecified atom stereocenters. The van der Waals surface area contributed by atoms with E-state index in [1.54, 1.807) is 24.3 Å². The molecule has 0 bridgehead atoms. The van der Waals surface area contributed by atoms with Gasteiger partial charge in [-0.3, -0.25) is 0 Å². The molecule has 0 spiro atoms. The van der Waals surface area contributed by atoms with Gasteiger partial charge < -0.3 is 4.74 Å². The zero-order chi connectivity index (χ0) is 16.8. The molecule has 0 aliphatic rings. The van der Waals surface area contributed by atoms with Gasteiger partial charge in [0, 0.05) is 12.1 Å². The molecule has 1 N–H and O–H groups in total. The molecule has 6 heteroatoms. The molecule has 0 aliphatic carbocycles. The van der Waals surface area contributed by atoms with Crippen molar-refractivity contribution in [3.05, 3.63) is 42.0 Å². The van der Waals surface area contributed by atoms with Crippen LogP contribution in [0.4, 0.5) is 0 Å². The number of rotatable bonds is 7. The van der Waals surface area contributed by atoms with Crippen LogP contribution in [0.1, 0.15) is 25.8 Å². The maximum absolute atomic E-state index is 12.4. The van der Waals surface area contributed by atoms with E-state index in [1.807, 2.05) is 20.8 Å². The molecule has 1 aromatic rings. The largest absolute Gasteiger partial charge is 0.466 e. The number of carbonyl (C=O) groups is 1. The summed E-state index contributed by atoms with van der Waals surface area (Å²) < 4.78 is 31.9. The van der Waals surface area contributed by atoms with E-state index in [1.165, 1.54) is 19.3 Å². The minimum absolute atomic E-state index is 0.207. The molecule has 122 valence electrons. The molecule has 1 atom stereocenters. The molecule has 0 radical (unpaired) electrons. The highest BCUT2D eigenvalue weighted by atomic mass is 32.2. The molecule has 0 aromatic heterocycles. The first-order chi connectivity index (χ1) is 10.2. The summed E-state index contributed by atoms with van der Waals surface area (Å²) >= 11 is 0. The van der Waals surface area contributed by atoms with Crippen LogP contribution in [0.25, 0.3) is 0 Å². The van der Waals surface area contributed by atoms with E-state index >= 15 is 0 Å². The van der Waals surface area contributed by atoms with Gasteiger partial charge in [0.25, 0.3) is 0 Å². The van der Waals surface area contributed by atoms with Gasteiger partial charge >= 0.3 is 5.97 Å². The number of aryl methyl sites for hydroxylation is 1. The Bertz CT molecular complexity index is 618. The van der Waals surface area contributed by atoms with E-state index in [-0.39, 0.29) is 10.8 Å². The second kappa shape index (κ2) is 8.10. The Kier molecular flexibility index (Phi) is 6.77. The highest BCUT2D eigenvalue weighted by Gasteiger charge is 2.19. The third-order valence-electron chi connectivity index (χ3n) is 3.03. The third kappa shape index (κ3) is 5.99. The van der Waals surface area contributed by atoms with Gasteiger partial charge in [0.15, 0.2) is 0 Å². The summed E-state index contributed by atoms with van der Waals surface area (Å²) in [5.41, 5.74) is 0.989. The van der Waals surface area contributed by atoms with Crippen molar-refractivity contribution in [1.29, 1.82) is 0 Å². The molecular weight excluding hydrogens is 302 g/mol. The molecule has 0 amide bonds. The van der Waals surface area contributed by atoms with E-state index in [0.717, 1.165) is 5.56 Å². The Morgan fingerprint density at radius 2 is 1.86 bits per heavy atom. The van der Waals surface area contributed by atoms with Crippen molar-refractivity contribution in [1.82, 2.24) is 4.72 Å². The van der Waals surface area contributed by atoms with Crippen molar-refractivity contribution >= 4 is 16.0 Å². The number of benzene rings is 1. The van der Waals surface area contributed by atoms with Gasteiger partial charge in [0.1, 0.15) is 0 Å². The fraction of sp³-hybridized carbons (Fsp3) is 0.438. The minimum atomic E-state index is -3.63. The highest BCUT2D eigenvalue weighted by Crippen LogP contribution is 2.13. The quantitative estimate of drug-likeness (QED) is 0.617. The van der Waals surface area contributed by atoms with Gasteiger partial charge in [-0.15, -0.1) is 0 Å². The number of nitrogens with one attached hydrogen (secondary N) is 1. The summed E-state index contributed by atoms with van der Waals surface area (Å²) in [7, 11) is -2.35. The maximum atomic E-state index is 12.4. The number of methoxy groups -OCH3 is 1. The zero-order valence-corrected chi connectivity index (χ0v) is 14.2. The van der Waals surface area contributed by atoms with Crippen molar-refractivity contribution < 1.29 is 17.9 Å². The van der Waals surface area contributed by atoms with Gasteiger partial charge in [0.05, 0.1) is 12.0 Å². The monoisotopic (exact) mass is 325 g/mol. The Labute approximate surface area is 132 Å². The molecule has 22 heavy (non-hydrogen) atoms. The zero-order valence-electron chi connectivity index (χ0n) is 13.4. The van der Waals surface area contributed by atoms with Crippen LogP contribution in [0.3, 0.4) is 0 Å². The average Bonchev–Trinajstić information content (AvgIpc) is 2.44. The van der Waals surface area contributed by atoms with Crippen molar-refractivity contribution in [2.24, 2.45) is 5.92 Å². The summed E-state index contributed by atoms with van der Waals surface area (Å²) in [4.78, 5) is 11.4. The standard InChI is InChI=1S/C16H23NO4S/c1-12(2)11-14(7-10-16(18)21-4)17-22(19,20)15-8-5-13(3)6-9-15/h5-10,12,14,17H,11H2,1-4H3/b10-7+/t14-/m1/s1. The summed E-state index contributed by atoms with van der Waals surface area (Å²) in [6.45, 7) is 5.86. The van der Waals surface area contributed by atoms with Crippen molar-refractivity contribution in [3.8, 4) is 0 Å². The molecule has 1 rings (SSSR count). The van der Waals surface area contributed by atoms with Crippen LogP contribution in [0, 0.1) is 12.8 Å². The van der Waals surface area contributed by atoms with Crippen molar-refractivity contribution in [2.45, 2.75) is 38.1 Å². The first kappa shape index (κ1) is 18.4. The lowest BCUT2D eigenvalue weighted by Crippen LogP contribution is -2.34. The molecule has 0 saturated heterocycles. The smallest absolute Gasteiger partial charge is 0.330 e. The molecule has 0 aliphatic heterocycles. The summed E-state index contributed by atoms with van der Waals surface area (Å²) in [5, 5.41) is 0. The lowest BCUT2D eigenvalue weighted by atomic mass is 10.0. The number of hydrogen-bond acceptors (Lipinski definition) is 4. The first-order valence-electron chi connectivity index (χ1n) is 7.09.